The van der Waals surface area contributed by atoms with Crippen molar-refractivity contribution >= 4 is 29.0 Å². The Morgan fingerprint density at radius 3 is 2.38 bits per heavy atom. The van der Waals surface area contributed by atoms with Crippen LogP contribution < -0.4 is 5.32 Å². The molecule has 2 aromatic carbocycles. The van der Waals surface area contributed by atoms with Gasteiger partial charge in [0, 0.05) is 30.2 Å². The fourth-order valence-electron chi connectivity index (χ4n) is 3.08. The van der Waals surface area contributed by atoms with E-state index in [1.165, 1.54) is 47.2 Å². The Balaban J connectivity index is 1.71. The van der Waals surface area contributed by atoms with Gasteiger partial charge in [-0.1, -0.05) is 43.8 Å². The predicted octanol–water partition coefficient (Wildman–Crippen LogP) is 4.64. The highest BCUT2D eigenvalue weighted by molar-refractivity contribution is 7.99. The highest BCUT2D eigenvalue weighted by atomic mass is 32.2. The zero-order chi connectivity index (χ0) is 20.8. The van der Waals surface area contributed by atoms with E-state index in [1.807, 2.05) is 10.8 Å². The Bertz CT molecular complexity index is 993. The second-order valence-electron chi connectivity index (χ2n) is 6.35. The molecule has 0 radical (unpaired) electrons. The first-order chi connectivity index (χ1) is 14.0. The standard InChI is InChI=1S/C21H22N4O3S/c1-3-15-6-5-7-16(4-2)20(15)24-13-12-22-21(24)29-14-19(26)23-17-8-10-18(11-9-17)25(27)28/h5-13H,3-4,14H2,1-2H3,(H,23,26). The second kappa shape index (κ2) is 9.38. The summed E-state index contributed by atoms with van der Waals surface area (Å²) in [5.41, 5.74) is 4.11. The quantitative estimate of drug-likeness (QED) is 0.332. The number of nitrogens with zero attached hydrogens (tertiary/aromatic N) is 3. The van der Waals surface area contributed by atoms with Crippen LogP contribution in [-0.2, 0) is 17.6 Å². The number of carbonyl (C=O) groups is 1. The molecule has 0 saturated carbocycles. The van der Waals surface area contributed by atoms with Gasteiger partial charge < -0.3 is 5.32 Å². The summed E-state index contributed by atoms with van der Waals surface area (Å²) in [4.78, 5) is 27.0. The maximum absolute atomic E-state index is 12.3. The Morgan fingerprint density at radius 1 is 1.14 bits per heavy atom. The molecule has 0 unspecified atom stereocenters. The summed E-state index contributed by atoms with van der Waals surface area (Å²) in [5, 5.41) is 14.2. The van der Waals surface area contributed by atoms with E-state index in [1.54, 1.807) is 6.20 Å². The number of rotatable bonds is 8. The van der Waals surface area contributed by atoms with Crippen molar-refractivity contribution in [2.75, 3.05) is 11.1 Å². The molecule has 0 bridgehead atoms. The number of aromatic nitrogens is 2. The minimum atomic E-state index is -0.472. The van der Waals surface area contributed by atoms with Crippen molar-refractivity contribution in [1.82, 2.24) is 9.55 Å². The average molecular weight is 410 g/mol. The van der Waals surface area contributed by atoms with Crippen LogP contribution in [0.5, 0.6) is 0 Å². The second-order valence-corrected chi connectivity index (χ2v) is 7.30. The predicted molar refractivity (Wildman–Crippen MR) is 115 cm³/mol. The van der Waals surface area contributed by atoms with Crippen molar-refractivity contribution in [3.63, 3.8) is 0 Å². The number of imidazole rings is 1. The van der Waals surface area contributed by atoms with E-state index in [0.717, 1.165) is 23.7 Å². The molecule has 0 aliphatic carbocycles. The summed E-state index contributed by atoms with van der Waals surface area (Å²) in [6, 6.07) is 12.1. The zero-order valence-electron chi connectivity index (χ0n) is 16.3. The number of benzene rings is 2. The van der Waals surface area contributed by atoms with Crippen molar-refractivity contribution in [2.45, 2.75) is 31.8 Å². The van der Waals surface area contributed by atoms with Gasteiger partial charge in [0.2, 0.25) is 5.91 Å². The van der Waals surface area contributed by atoms with Gasteiger partial charge in [0.15, 0.2) is 5.16 Å². The molecule has 1 aromatic heterocycles. The summed E-state index contributed by atoms with van der Waals surface area (Å²) in [5.74, 6) is -0.0121. The molecule has 150 valence electrons. The minimum Gasteiger partial charge on any atom is -0.325 e. The fourth-order valence-corrected chi connectivity index (χ4v) is 3.84. The van der Waals surface area contributed by atoms with Crippen LogP contribution in [-0.4, -0.2) is 26.1 Å². The molecule has 3 rings (SSSR count). The number of amides is 1. The molecular weight excluding hydrogens is 388 g/mol. The topological polar surface area (TPSA) is 90.1 Å². The molecule has 7 nitrogen and oxygen atoms in total. The van der Waals surface area contributed by atoms with Crippen LogP contribution in [0.4, 0.5) is 11.4 Å². The van der Waals surface area contributed by atoms with Gasteiger partial charge in [0.25, 0.3) is 5.69 Å². The summed E-state index contributed by atoms with van der Waals surface area (Å²) in [6.45, 7) is 4.25. The molecule has 0 spiro atoms. The van der Waals surface area contributed by atoms with Gasteiger partial charge in [-0.15, -0.1) is 0 Å². The van der Waals surface area contributed by atoms with Crippen molar-refractivity contribution < 1.29 is 9.72 Å². The number of non-ortho nitro benzene ring substituents is 1. The number of nitrogens with one attached hydrogen (secondary N) is 1. The number of para-hydroxylation sites is 1. The largest absolute Gasteiger partial charge is 0.325 e. The summed E-state index contributed by atoms with van der Waals surface area (Å²) >= 11 is 1.35. The van der Waals surface area contributed by atoms with E-state index in [4.69, 9.17) is 0 Å². The van der Waals surface area contributed by atoms with Crippen molar-refractivity contribution in [2.24, 2.45) is 0 Å². The van der Waals surface area contributed by atoms with Crippen molar-refractivity contribution in [3.8, 4) is 5.69 Å². The zero-order valence-corrected chi connectivity index (χ0v) is 17.1. The number of nitro groups is 1. The van der Waals surface area contributed by atoms with Crippen LogP contribution in [0, 0.1) is 10.1 Å². The fraction of sp³-hybridized carbons (Fsp3) is 0.238. The third-order valence-electron chi connectivity index (χ3n) is 4.51. The average Bonchev–Trinajstić information content (AvgIpc) is 3.20. The van der Waals surface area contributed by atoms with E-state index in [2.05, 4.69) is 42.3 Å². The van der Waals surface area contributed by atoms with Gasteiger partial charge in [-0.05, 0) is 36.1 Å². The first kappa shape index (κ1) is 20.6. The summed E-state index contributed by atoms with van der Waals surface area (Å²) in [6.07, 6.45) is 5.48. The number of anilines is 1. The van der Waals surface area contributed by atoms with Gasteiger partial charge in [-0.3, -0.25) is 19.5 Å². The van der Waals surface area contributed by atoms with Crippen molar-refractivity contribution in [3.05, 3.63) is 76.1 Å². The molecule has 3 aromatic rings. The normalized spacial score (nSPS) is 10.7. The maximum atomic E-state index is 12.3. The lowest BCUT2D eigenvalue weighted by atomic mass is 10.0. The number of thioether (sulfide) groups is 1. The van der Waals surface area contributed by atoms with Crippen LogP contribution in [0.3, 0.4) is 0 Å². The maximum Gasteiger partial charge on any atom is 0.269 e. The molecule has 0 fully saturated rings. The lowest BCUT2D eigenvalue weighted by Crippen LogP contribution is -2.14. The first-order valence-corrected chi connectivity index (χ1v) is 10.3. The van der Waals surface area contributed by atoms with Crippen molar-refractivity contribution in [1.29, 1.82) is 0 Å². The molecule has 0 aliphatic rings. The summed E-state index contributed by atoms with van der Waals surface area (Å²) in [7, 11) is 0. The lowest BCUT2D eigenvalue weighted by molar-refractivity contribution is -0.384. The van der Waals surface area contributed by atoms with Gasteiger partial charge >= 0.3 is 0 Å². The number of hydrogen-bond donors (Lipinski definition) is 1. The smallest absolute Gasteiger partial charge is 0.269 e. The highest BCUT2D eigenvalue weighted by Gasteiger charge is 2.14. The monoisotopic (exact) mass is 410 g/mol. The molecule has 29 heavy (non-hydrogen) atoms. The molecule has 0 saturated heterocycles. The summed E-state index contributed by atoms with van der Waals surface area (Å²) < 4.78 is 2.04. The van der Waals surface area contributed by atoms with E-state index in [-0.39, 0.29) is 17.3 Å². The number of carbonyl (C=O) groups excluding carboxylic acids is 1. The Hall–Kier alpha value is -3.13. The first-order valence-electron chi connectivity index (χ1n) is 9.35. The molecule has 1 heterocycles. The van der Waals surface area contributed by atoms with Crippen LogP contribution >= 0.6 is 11.8 Å². The van der Waals surface area contributed by atoms with E-state index in [9.17, 15) is 14.9 Å². The third-order valence-corrected chi connectivity index (χ3v) is 5.47. The molecular formula is C21H22N4O3S. The molecule has 0 aliphatic heterocycles. The molecule has 1 amide bonds. The SMILES string of the molecule is CCc1cccc(CC)c1-n1ccnc1SCC(=O)Nc1ccc([N+](=O)[O-])cc1. The van der Waals surface area contributed by atoms with Gasteiger partial charge in [-0.2, -0.15) is 0 Å². The number of nitro benzene ring substituents is 1. The molecule has 8 heteroatoms. The van der Waals surface area contributed by atoms with E-state index >= 15 is 0 Å². The van der Waals surface area contributed by atoms with Gasteiger partial charge in [0.1, 0.15) is 0 Å². The van der Waals surface area contributed by atoms with Crippen LogP contribution in [0.2, 0.25) is 0 Å². The Kier molecular flexibility index (Phi) is 6.66. The van der Waals surface area contributed by atoms with Crippen LogP contribution in [0.15, 0.2) is 60.0 Å². The van der Waals surface area contributed by atoms with Gasteiger partial charge in [0.05, 0.1) is 16.4 Å². The third kappa shape index (κ3) is 4.83. The number of hydrogen-bond acceptors (Lipinski definition) is 5. The Labute approximate surface area is 173 Å². The molecule has 1 N–H and O–H groups in total. The number of aryl methyl sites for hydroxylation is 2. The molecule has 0 atom stereocenters. The van der Waals surface area contributed by atoms with E-state index in [0.29, 0.717) is 5.69 Å². The highest BCUT2D eigenvalue weighted by Crippen LogP contribution is 2.27. The van der Waals surface area contributed by atoms with Gasteiger partial charge in [-0.25, -0.2) is 4.98 Å². The Morgan fingerprint density at radius 2 is 1.79 bits per heavy atom. The van der Waals surface area contributed by atoms with E-state index < -0.39 is 4.92 Å². The lowest BCUT2D eigenvalue weighted by Gasteiger charge is -2.16. The van der Waals surface area contributed by atoms with Crippen LogP contribution in [0.1, 0.15) is 25.0 Å². The minimum absolute atomic E-state index is 0.0132. The van der Waals surface area contributed by atoms with Crippen LogP contribution in [0.25, 0.3) is 5.69 Å².